The first-order valence-electron chi connectivity index (χ1n) is 9.52. The molecule has 3 atom stereocenters. The van der Waals surface area contributed by atoms with Gasteiger partial charge in [0.1, 0.15) is 0 Å². The van der Waals surface area contributed by atoms with E-state index in [2.05, 4.69) is 26.6 Å². The van der Waals surface area contributed by atoms with Gasteiger partial charge in [-0.3, -0.25) is 0 Å². The van der Waals surface area contributed by atoms with Crippen LogP contribution in [0, 0.1) is 0 Å². The minimum absolute atomic E-state index is 0.227. The molecule has 28 heavy (non-hydrogen) atoms. The molecule has 1 fully saturated rings. The second-order valence-electron chi connectivity index (χ2n) is 7.16. The van der Waals surface area contributed by atoms with E-state index in [1.807, 2.05) is 44.2 Å². The standard InChI is InChI=1S/C19H30N6O3/c1-13-9-20-17(26)24-14(2)10-22-19(28)25(12-16-7-5-4-6-8-16)15(3)11-21-18(27)23-13/h4-8,13-15H,9-12H2,1-3H3,(H,22,28)(H2,20,24,26)(H2,21,23,27)/t13?,14?,15-/m0/s1. The molecule has 0 radical (unpaired) electrons. The molecular formula is C19H30N6O3. The summed E-state index contributed by atoms with van der Waals surface area (Å²) in [6.45, 7) is 6.82. The summed E-state index contributed by atoms with van der Waals surface area (Å²) in [5.74, 6) is 0. The Kier molecular flexibility index (Phi) is 7.91. The molecule has 1 aromatic carbocycles. The molecule has 0 spiro atoms. The first kappa shape index (κ1) is 21.3. The second-order valence-corrected chi connectivity index (χ2v) is 7.16. The zero-order valence-corrected chi connectivity index (χ0v) is 16.6. The molecule has 0 aromatic heterocycles. The summed E-state index contributed by atoms with van der Waals surface area (Å²) in [6, 6.07) is 8.01. The van der Waals surface area contributed by atoms with Crippen molar-refractivity contribution in [3.8, 4) is 0 Å². The zero-order valence-electron chi connectivity index (χ0n) is 16.6. The smallest absolute Gasteiger partial charge is 0.318 e. The van der Waals surface area contributed by atoms with Crippen molar-refractivity contribution < 1.29 is 14.4 Å². The van der Waals surface area contributed by atoms with Crippen LogP contribution in [-0.4, -0.2) is 60.8 Å². The van der Waals surface area contributed by atoms with E-state index in [9.17, 15) is 14.4 Å². The van der Waals surface area contributed by atoms with E-state index in [1.165, 1.54) is 0 Å². The van der Waals surface area contributed by atoms with Gasteiger partial charge in [0.15, 0.2) is 0 Å². The highest BCUT2D eigenvalue weighted by Gasteiger charge is 2.22. The number of nitrogens with zero attached hydrogens (tertiary/aromatic N) is 1. The van der Waals surface area contributed by atoms with Crippen LogP contribution in [0.1, 0.15) is 26.3 Å². The molecule has 1 heterocycles. The highest BCUT2D eigenvalue weighted by Crippen LogP contribution is 2.09. The van der Waals surface area contributed by atoms with Crippen molar-refractivity contribution in [2.75, 3.05) is 19.6 Å². The molecule has 0 saturated carbocycles. The lowest BCUT2D eigenvalue weighted by Crippen LogP contribution is -2.52. The maximum Gasteiger partial charge on any atom is 0.318 e. The number of amides is 6. The number of carbonyl (C=O) groups is 3. The number of nitrogens with one attached hydrogen (secondary N) is 5. The quantitative estimate of drug-likeness (QED) is 0.518. The summed E-state index contributed by atoms with van der Waals surface area (Å²) in [5.41, 5.74) is 0.992. The molecule has 1 aliphatic heterocycles. The fourth-order valence-corrected chi connectivity index (χ4v) is 2.80. The fourth-order valence-electron chi connectivity index (χ4n) is 2.80. The van der Waals surface area contributed by atoms with E-state index in [-0.39, 0.29) is 36.2 Å². The molecule has 2 rings (SSSR count). The van der Waals surface area contributed by atoms with E-state index < -0.39 is 0 Å². The molecular weight excluding hydrogens is 360 g/mol. The maximum atomic E-state index is 12.8. The van der Waals surface area contributed by atoms with Crippen LogP contribution >= 0.6 is 0 Å². The van der Waals surface area contributed by atoms with Gasteiger partial charge in [-0.15, -0.1) is 0 Å². The minimum Gasteiger partial charge on any atom is -0.336 e. The van der Waals surface area contributed by atoms with Gasteiger partial charge in [0.05, 0.1) is 0 Å². The summed E-state index contributed by atoms with van der Waals surface area (Å²) >= 11 is 0. The normalized spacial score (nSPS) is 25.2. The van der Waals surface area contributed by atoms with Crippen molar-refractivity contribution in [3.63, 3.8) is 0 Å². The lowest BCUT2D eigenvalue weighted by atomic mass is 10.2. The van der Waals surface area contributed by atoms with E-state index >= 15 is 0 Å². The third-order valence-electron chi connectivity index (χ3n) is 4.43. The number of carbonyl (C=O) groups excluding carboxylic acids is 3. The Morgan fingerprint density at radius 1 is 0.821 bits per heavy atom. The van der Waals surface area contributed by atoms with Crippen LogP contribution < -0.4 is 26.6 Å². The highest BCUT2D eigenvalue weighted by molar-refractivity contribution is 5.77. The molecule has 1 aromatic rings. The van der Waals surface area contributed by atoms with Crippen molar-refractivity contribution >= 4 is 18.1 Å². The van der Waals surface area contributed by atoms with Gasteiger partial charge in [-0.05, 0) is 26.3 Å². The largest absolute Gasteiger partial charge is 0.336 e. The summed E-state index contributed by atoms with van der Waals surface area (Å²) in [7, 11) is 0. The predicted molar refractivity (Wildman–Crippen MR) is 107 cm³/mol. The van der Waals surface area contributed by atoms with Crippen molar-refractivity contribution in [2.24, 2.45) is 0 Å². The van der Waals surface area contributed by atoms with Crippen LogP contribution in [-0.2, 0) is 6.54 Å². The Hall–Kier alpha value is -2.97. The third-order valence-corrected chi connectivity index (χ3v) is 4.43. The van der Waals surface area contributed by atoms with E-state index in [4.69, 9.17) is 0 Å². The topological polar surface area (TPSA) is 115 Å². The van der Waals surface area contributed by atoms with Gasteiger partial charge >= 0.3 is 18.1 Å². The van der Waals surface area contributed by atoms with Crippen molar-refractivity contribution in [1.82, 2.24) is 31.5 Å². The molecule has 5 N–H and O–H groups in total. The SMILES string of the molecule is CC1CNC(=O)NC(C)CNC(=O)N(Cc2ccccc2)[C@@H](C)CNC(=O)N1. The first-order chi connectivity index (χ1) is 13.3. The molecule has 6 amide bonds. The van der Waals surface area contributed by atoms with Gasteiger partial charge in [0, 0.05) is 44.3 Å². The molecule has 0 bridgehead atoms. The summed E-state index contributed by atoms with van der Waals surface area (Å²) in [6.07, 6.45) is 0. The van der Waals surface area contributed by atoms with Gasteiger partial charge < -0.3 is 31.5 Å². The van der Waals surface area contributed by atoms with Gasteiger partial charge in [0.25, 0.3) is 0 Å². The Morgan fingerprint density at radius 2 is 1.36 bits per heavy atom. The average Bonchev–Trinajstić information content (AvgIpc) is 2.67. The lowest BCUT2D eigenvalue weighted by Gasteiger charge is -2.30. The van der Waals surface area contributed by atoms with Crippen LogP contribution in [0.4, 0.5) is 14.4 Å². The lowest BCUT2D eigenvalue weighted by molar-refractivity contribution is 0.172. The molecule has 1 aliphatic rings. The number of hydrogen-bond donors (Lipinski definition) is 5. The Morgan fingerprint density at radius 3 is 1.96 bits per heavy atom. The van der Waals surface area contributed by atoms with Crippen LogP contribution in [0.25, 0.3) is 0 Å². The van der Waals surface area contributed by atoms with Gasteiger partial charge in [-0.2, -0.15) is 0 Å². The average molecular weight is 390 g/mol. The molecule has 9 heteroatoms. The zero-order chi connectivity index (χ0) is 20.5. The fraction of sp³-hybridized carbons (Fsp3) is 0.526. The number of benzene rings is 1. The van der Waals surface area contributed by atoms with Gasteiger partial charge in [-0.1, -0.05) is 30.3 Å². The number of hydrogen-bond acceptors (Lipinski definition) is 3. The van der Waals surface area contributed by atoms with Crippen molar-refractivity contribution in [3.05, 3.63) is 35.9 Å². The predicted octanol–water partition coefficient (Wildman–Crippen LogP) is 0.976. The van der Waals surface area contributed by atoms with Gasteiger partial charge in [-0.25, -0.2) is 14.4 Å². The Bertz CT molecular complexity index is 669. The number of urea groups is 3. The molecule has 0 aliphatic carbocycles. The van der Waals surface area contributed by atoms with E-state index in [0.717, 1.165) is 5.56 Å². The molecule has 2 unspecified atom stereocenters. The first-order valence-corrected chi connectivity index (χ1v) is 9.52. The summed E-state index contributed by atoms with van der Waals surface area (Å²) in [5, 5.41) is 13.9. The Balaban J connectivity index is 2.13. The van der Waals surface area contributed by atoms with Crippen LogP contribution in [0.15, 0.2) is 30.3 Å². The highest BCUT2D eigenvalue weighted by atomic mass is 16.2. The van der Waals surface area contributed by atoms with Crippen LogP contribution in [0.3, 0.4) is 0 Å². The number of rotatable bonds is 2. The summed E-state index contributed by atoms with van der Waals surface area (Å²) < 4.78 is 0. The van der Waals surface area contributed by atoms with Crippen molar-refractivity contribution in [1.29, 1.82) is 0 Å². The van der Waals surface area contributed by atoms with E-state index in [0.29, 0.717) is 26.2 Å². The maximum absolute atomic E-state index is 12.8. The molecule has 1 saturated heterocycles. The molecule has 154 valence electrons. The third kappa shape index (κ3) is 6.98. The second kappa shape index (κ2) is 10.4. The van der Waals surface area contributed by atoms with Crippen LogP contribution in [0.2, 0.25) is 0 Å². The van der Waals surface area contributed by atoms with Crippen LogP contribution in [0.5, 0.6) is 0 Å². The summed E-state index contributed by atoms with van der Waals surface area (Å²) in [4.78, 5) is 38.5. The van der Waals surface area contributed by atoms with Crippen molar-refractivity contribution in [2.45, 2.75) is 45.4 Å². The van der Waals surface area contributed by atoms with E-state index in [1.54, 1.807) is 11.8 Å². The monoisotopic (exact) mass is 390 g/mol. The molecule has 9 nitrogen and oxygen atoms in total. The van der Waals surface area contributed by atoms with Gasteiger partial charge in [0.2, 0.25) is 0 Å². The Labute approximate surface area is 165 Å². The minimum atomic E-state index is -0.347.